The number of rotatable bonds is 7. The van der Waals surface area contributed by atoms with E-state index in [9.17, 15) is 18.8 Å². The van der Waals surface area contributed by atoms with Crippen LogP contribution in [0, 0.1) is 5.82 Å². The van der Waals surface area contributed by atoms with Crippen LogP contribution >= 0.6 is 11.8 Å². The molecule has 0 bridgehead atoms. The Labute approximate surface area is 142 Å². The Kier molecular flexibility index (Phi) is 6.56. The van der Waals surface area contributed by atoms with Gasteiger partial charge in [-0.1, -0.05) is 12.1 Å². The summed E-state index contributed by atoms with van der Waals surface area (Å²) in [7, 11) is 0. The van der Waals surface area contributed by atoms with Crippen LogP contribution in [0.25, 0.3) is 0 Å². The van der Waals surface area contributed by atoms with Crippen molar-refractivity contribution in [2.75, 3.05) is 5.75 Å². The summed E-state index contributed by atoms with van der Waals surface area (Å²) in [6, 6.07) is 5.53. The molecule has 130 valence electrons. The van der Waals surface area contributed by atoms with Gasteiger partial charge in [-0.3, -0.25) is 19.7 Å². The maximum Gasteiger partial charge on any atom is 0.230 e. The lowest BCUT2D eigenvalue weighted by Crippen LogP contribution is -2.55. The molecule has 9 heteroatoms. The molecule has 7 nitrogen and oxygen atoms in total. The van der Waals surface area contributed by atoms with Crippen LogP contribution in [-0.4, -0.2) is 35.0 Å². The van der Waals surface area contributed by atoms with Crippen molar-refractivity contribution in [3.8, 4) is 0 Å². The summed E-state index contributed by atoms with van der Waals surface area (Å²) in [6.45, 7) is 0.300. The second-order valence-corrected chi connectivity index (χ2v) is 6.49. The zero-order valence-corrected chi connectivity index (χ0v) is 13.7. The predicted molar refractivity (Wildman–Crippen MR) is 88.0 cm³/mol. The van der Waals surface area contributed by atoms with E-state index < -0.39 is 11.4 Å². The van der Waals surface area contributed by atoms with Gasteiger partial charge in [0.25, 0.3) is 0 Å². The first kappa shape index (κ1) is 18.2. The van der Waals surface area contributed by atoms with Crippen molar-refractivity contribution in [3.63, 3.8) is 0 Å². The zero-order valence-electron chi connectivity index (χ0n) is 12.9. The first-order valence-corrected chi connectivity index (χ1v) is 8.43. The van der Waals surface area contributed by atoms with Crippen LogP contribution < -0.4 is 21.7 Å². The number of nitrogens with one attached hydrogen (secondary N) is 3. The molecular weight excluding hydrogens is 335 g/mol. The Morgan fingerprint density at radius 3 is 2.71 bits per heavy atom. The highest BCUT2D eigenvalue weighted by atomic mass is 32.2. The standard InChI is InChI=1S/C15H19FN4O3S/c16-10-3-1-9(2-4-10)7-18-14(23)8-24-15-19-11(5-12(17)21)6-13(22)20-15/h1-4,11,15,19H,5-8H2,(H2,17,21)(H,18,23)(H,20,22). The number of hydrogen-bond acceptors (Lipinski definition) is 5. The van der Waals surface area contributed by atoms with Crippen molar-refractivity contribution in [2.45, 2.75) is 30.9 Å². The highest BCUT2D eigenvalue weighted by molar-refractivity contribution is 8.00. The molecule has 5 N–H and O–H groups in total. The fourth-order valence-electron chi connectivity index (χ4n) is 2.22. The molecule has 2 unspecified atom stereocenters. The van der Waals surface area contributed by atoms with E-state index in [-0.39, 0.29) is 42.3 Å². The van der Waals surface area contributed by atoms with E-state index in [2.05, 4.69) is 16.0 Å². The monoisotopic (exact) mass is 354 g/mol. The van der Waals surface area contributed by atoms with Crippen LogP contribution in [0.2, 0.25) is 0 Å². The van der Waals surface area contributed by atoms with E-state index in [1.807, 2.05) is 0 Å². The van der Waals surface area contributed by atoms with Gasteiger partial charge in [0.2, 0.25) is 17.7 Å². The summed E-state index contributed by atoms with van der Waals surface area (Å²) >= 11 is 1.21. The molecule has 0 spiro atoms. The lowest BCUT2D eigenvalue weighted by atomic mass is 10.1. The Balaban J connectivity index is 1.73. The zero-order chi connectivity index (χ0) is 17.5. The summed E-state index contributed by atoms with van der Waals surface area (Å²) in [5.74, 6) is -1.09. The van der Waals surface area contributed by atoms with E-state index in [1.165, 1.54) is 23.9 Å². The summed E-state index contributed by atoms with van der Waals surface area (Å²) in [6.07, 6.45) is 0.248. The van der Waals surface area contributed by atoms with Crippen molar-refractivity contribution in [3.05, 3.63) is 35.6 Å². The Morgan fingerprint density at radius 2 is 2.04 bits per heavy atom. The van der Waals surface area contributed by atoms with Gasteiger partial charge in [-0.05, 0) is 17.7 Å². The number of carbonyl (C=O) groups excluding carboxylic acids is 3. The van der Waals surface area contributed by atoms with Gasteiger partial charge in [0.05, 0.1) is 5.75 Å². The maximum atomic E-state index is 12.8. The number of thioether (sulfide) groups is 1. The minimum atomic E-state index is -0.483. The SMILES string of the molecule is NC(=O)CC1CC(=O)NC(SCC(=O)NCc2ccc(F)cc2)N1. The van der Waals surface area contributed by atoms with Crippen LogP contribution in [0.15, 0.2) is 24.3 Å². The third kappa shape index (κ3) is 6.17. The molecular formula is C15H19FN4O3S. The van der Waals surface area contributed by atoms with Crippen LogP contribution in [0.3, 0.4) is 0 Å². The van der Waals surface area contributed by atoms with Crippen molar-refractivity contribution < 1.29 is 18.8 Å². The normalized spacial score (nSPS) is 20.3. The van der Waals surface area contributed by atoms with E-state index >= 15 is 0 Å². The average Bonchev–Trinajstić information content (AvgIpc) is 2.51. The Morgan fingerprint density at radius 1 is 1.33 bits per heavy atom. The van der Waals surface area contributed by atoms with Gasteiger partial charge in [0, 0.05) is 25.4 Å². The number of amides is 3. The minimum Gasteiger partial charge on any atom is -0.370 e. The summed E-state index contributed by atoms with van der Waals surface area (Å²) in [4.78, 5) is 34.4. The molecule has 2 atom stereocenters. The smallest absolute Gasteiger partial charge is 0.230 e. The van der Waals surface area contributed by atoms with Crippen LogP contribution in [0.1, 0.15) is 18.4 Å². The van der Waals surface area contributed by atoms with Crippen LogP contribution in [0.5, 0.6) is 0 Å². The second-order valence-electron chi connectivity index (χ2n) is 5.40. The molecule has 0 saturated carbocycles. The molecule has 0 radical (unpaired) electrons. The molecule has 2 rings (SSSR count). The fraction of sp³-hybridized carbons (Fsp3) is 0.400. The van der Waals surface area contributed by atoms with E-state index in [1.54, 1.807) is 12.1 Å². The lowest BCUT2D eigenvalue weighted by Gasteiger charge is -2.30. The molecule has 1 saturated heterocycles. The van der Waals surface area contributed by atoms with Crippen molar-refractivity contribution >= 4 is 29.5 Å². The molecule has 1 aromatic rings. The number of primary amides is 1. The van der Waals surface area contributed by atoms with Gasteiger partial charge in [0.15, 0.2) is 0 Å². The number of hydrogen-bond donors (Lipinski definition) is 4. The molecule has 1 heterocycles. The summed E-state index contributed by atoms with van der Waals surface area (Å²) < 4.78 is 12.8. The van der Waals surface area contributed by atoms with E-state index in [0.717, 1.165) is 5.56 Å². The number of halogens is 1. The first-order chi connectivity index (χ1) is 11.4. The van der Waals surface area contributed by atoms with Crippen LogP contribution in [-0.2, 0) is 20.9 Å². The van der Waals surface area contributed by atoms with Gasteiger partial charge in [-0.2, -0.15) is 0 Å². The number of benzene rings is 1. The average molecular weight is 354 g/mol. The third-order valence-electron chi connectivity index (χ3n) is 3.34. The summed E-state index contributed by atoms with van der Waals surface area (Å²) in [5, 5.41) is 8.47. The van der Waals surface area contributed by atoms with Gasteiger partial charge in [-0.25, -0.2) is 4.39 Å². The predicted octanol–water partition coefficient (Wildman–Crippen LogP) is -0.188. The molecule has 1 aromatic carbocycles. The van der Waals surface area contributed by atoms with Crippen LogP contribution in [0.4, 0.5) is 4.39 Å². The van der Waals surface area contributed by atoms with Gasteiger partial charge in [0.1, 0.15) is 11.3 Å². The highest BCUT2D eigenvalue weighted by Crippen LogP contribution is 2.13. The first-order valence-electron chi connectivity index (χ1n) is 7.39. The highest BCUT2D eigenvalue weighted by Gasteiger charge is 2.27. The second kappa shape index (κ2) is 8.65. The maximum absolute atomic E-state index is 12.8. The lowest BCUT2D eigenvalue weighted by molar-refractivity contribution is -0.124. The molecule has 24 heavy (non-hydrogen) atoms. The molecule has 0 aliphatic carbocycles. The van der Waals surface area contributed by atoms with Gasteiger partial charge in [-0.15, -0.1) is 11.8 Å². The third-order valence-corrected chi connectivity index (χ3v) is 4.36. The van der Waals surface area contributed by atoms with Gasteiger partial charge < -0.3 is 16.4 Å². The minimum absolute atomic E-state index is 0.0707. The quantitative estimate of drug-likeness (QED) is 0.542. The van der Waals surface area contributed by atoms with Crippen molar-refractivity contribution in [2.24, 2.45) is 5.73 Å². The molecule has 0 aromatic heterocycles. The largest absolute Gasteiger partial charge is 0.370 e. The van der Waals surface area contributed by atoms with Crippen molar-refractivity contribution in [1.82, 2.24) is 16.0 Å². The van der Waals surface area contributed by atoms with E-state index in [0.29, 0.717) is 6.54 Å². The van der Waals surface area contributed by atoms with Gasteiger partial charge >= 0.3 is 0 Å². The molecule has 1 aliphatic rings. The molecule has 3 amide bonds. The number of nitrogens with two attached hydrogens (primary N) is 1. The van der Waals surface area contributed by atoms with E-state index in [4.69, 9.17) is 5.73 Å². The van der Waals surface area contributed by atoms with Crippen molar-refractivity contribution in [1.29, 1.82) is 0 Å². The molecule has 1 aliphatic heterocycles. The Hall–Kier alpha value is -2.13. The number of carbonyl (C=O) groups is 3. The Bertz CT molecular complexity index is 609. The topological polar surface area (TPSA) is 113 Å². The fourth-order valence-corrected chi connectivity index (χ4v) is 3.14. The molecule has 1 fully saturated rings. The summed E-state index contributed by atoms with van der Waals surface area (Å²) in [5.41, 5.74) is 5.48.